The van der Waals surface area contributed by atoms with E-state index in [1.54, 1.807) is 0 Å². The minimum absolute atomic E-state index is 0.174. The van der Waals surface area contributed by atoms with E-state index in [9.17, 15) is 0 Å². The zero-order valence-corrected chi connectivity index (χ0v) is 6.81. The second-order valence-corrected chi connectivity index (χ2v) is 2.35. The molecule has 0 saturated heterocycles. The average Bonchev–Trinajstić information content (AvgIpc) is 2.48. The molecular weight excluding hydrogens is 206 g/mol. The molecule has 0 spiro atoms. The molecule has 0 atom stereocenters. The number of halogens is 1. The summed E-state index contributed by atoms with van der Waals surface area (Å²) in [6, 6.07) is 0. The number of anilines is 1. The van der Waals surface area contributed by atoms with E-state index in [4.69, 9.17) is 16.4 Å². The fourth-order valence-corrected chi connectivity index (χ4v) is 0.869. The van der Waals surface area contributed by atoms with E-state index in [0.29, 0.717) is 0 Å². The summed E-state index contributed by atoms with van der Waals surface area (Å²) in [5.74, 6) is -1.01. The van der Waals surface area contributed by atoms with Gasteiger partial charge in [0.25, 0.3) is 0 Å². The van der Waals surface area contributed by atoms with Crippen LogP contribution in [0, 0.1) is 0 Å². The largest absolute Gasteiger partial charge is 0.348 e. The van der Waals surface area contributed by atoms with Crippen molar-refractivity contribution in [3.05, 3.63) is 10.8 Å². The zero-order chi connectivity index (χ0) is 18.6. The molecule has 0 aromatic carbocycles. The van der Waals surface area contributed by atoms with E-state index >= 15 is 0 Å². The van der Waals surface area contributed by atoms with Gasteiger partial charge in [-0.25, -0.2) is 4.98 Å². The molecule has 0 fully saturated rings. The molecule has 1 heterocycles. The highest BCUT2D eigenvalue weighted by atomic mass is 79.9. The number of aromatic nitrogens is 2. The molecule has 11 heavy (non-hydrogen) atoms. The molecule has 4 heteroatoms. The predicted octanol–water partition coefficient (Wildman–Crippen LogP) is 1.73. The monoisotopic (exact) mass is 229 g/mol. The molecule has 0 bridgehead atoms. The van der Waals surface area contributed by atoms with Crippen LogP contribution in [0.15, 0.2) is 10.8 Å². The van der Waals surface area contributed by atoms with E-state index in [2.05, 4.69) is 20.9 Å². The normalized spacial score (nSPS) is 31.0. The Labute approximate surface area is 92.0 Å². The Kier molecular flexibility index (Phi) is 0.553. The van der Waals surface area contributed by atoms with Gasteiger partial charge in [-0.3, -0.25) is 0 Å². The van der Waals surface area contributed by atoms with Crippen LogP contribution in [0.25, 0.3) is 0 Å². The van der Waals surface area contributed by atoms with Gasteiger partial charge in [-0.05, 0) is 22.8 Å². The Morgan fingerprint density at radius 3 is 3.45 bits per heavy atom. The van der Waals surface area contributed by atoms with Crippen molar-refractivity contribution in [2.75, 3.05) is 18.9 Å². The second kappa shape index (κ2) is 3.26. The van der Waals surface area contributed by atoms with Gasteiger partial charge in [0.1, 0.15) is 4.60 Å². The number of imidazole rings is 1. The van der Waals surface area contributed by atoms with Crippen LogP contribution in [0.1, 0.15) is 23.3 Å². The molecule has 0 aliphatic heterocycles. The Bertz CT molecular complexity index is 567. The number of hydrogen-bond donors (Lipinski definition) is 0. The van der Waals surface area contributed by atoms with E-state index in [1.807, 2.05) is 0 Å². The van der Waals surface area contributed by atoms with Crippen LogP contribution in [0.2, 0.25) is 0 Å². The highest BCUT2D eigenvalue weighted by Crippen LogP contribution is 2.17. The Morgan fingerprint density at radius 2 is 2.82 bits per heavy atom. The highest BCUT2D eigenvalue weighted by Gasteiger charge is 2.06. The third kappa shape index (κ3) is 1.56. The maximum Gasteiger partial charge on any atom is 0.205 e. The summed E-state index contributed by atoms with van der Waals surface area (Å²) in [4.78, 5) is 3.25. The van der Waals surface area contributed by atoms with Crippen molar-refractivity contribution in [3.8, 4) is 0 Å². The Hall–Kier alpha value is -0.510. The third-order valence-corrected chi connectivity index (χ3v) is 1.49. The number of rotatable bonds is 2. The molecule has 0 aliphatic carbocycles. The van der Waals surface area contributed by atoms with E-state index in [0.717, 1.165) is 0 Å². The first kappa shape index (κ1) is 1.87. The van der Waals surface area contributed by atoms with Crippen molar-refractivity contribution in [3.63, 3.8) is 0 Å². The molecule has 0 amide bonds. The van der Waals surface area contributed by atoms with Crippen LogP contribution in [0.4, 0.5) is 5.95 Å². The standard InChI is InChI=1S/C7H12BrN3/c1-4-11-6(8)5-9-7(11)10(2)3/h5H,4H2,1-3H3/i1D3,2D3,3D3,4D2,5D. The molecular formula is C7H12BrN3. The molecule has 62 valence electrons. The summed E-state index contributed by atoms with van der Waals surface area (Å²) in [5, 5.41) is 0. The fraction of sp³-hybridized carbons (Fsp3) is 0.571. The van der Waals surface area contributed by atoms with Crippen LogP contribution in [0.3, 0.4) is 0 Å². The molecule has 0 aliphatic rings. The first-order valence-corrected chi connectivity index (χ1v) is 3.27. The first-order valence-electron chi connectivity index (χ1n) is 8.48. The summed E-state index contributed by atoms with van der Waals surface area (Å²) >= 11 is 2.76. The quantitative estimate of drug-likeness (QED) is 0.771. The molecule has 0 N–H and O–H groups in total. The van der Waals surface area contributed by atoms with Crippen LogP contribution in [-0.4, -0.2) is 23.5 Å². The van der Waals surface area contributed by atoms with Crippen molar-refractivity contribution in [2.45, 2.75) is 13.3 Å². The lowest BCUT2D eigenvalue weighted by atomic mass is 10.7. The molecule has 0 saturated carbocycles. The minimum atomic E-state index is -3.27. The van der Waals surface area contributed by atoms with Gasteiger partial charge in [-0.1, -0.05) is 0 Å². The smallest absolute Gasteiger partial charge is 0.205 e. The maximum absolute atomic E-state index is 7.74. The van der Waals surface area contributed by atoms with Gasteiger partial charge in [-0.15, -0.1) is 0 Å². The summed E-state index contributed by atoms with van der Waals surface area (Å²) < 4.78 is 88.5. The Morgan fingerprint density at radius 1 is 2.00 bits per heavy atom. The van der Waals surface area contributed by atoms with Crippen LogP contribution >= 0.6 is 15.9 Å². The molecule has 1 aromatic heterocycles. The highest BCUT2D eigenvalue weighted by molar-refractivity contribution is 9.10. The van der Waals surface area contributed by atoms with Gasteiger partial charge in [-0.2, -0.15) is 0 Å². The lowest BCUT2D eigenvalue weighted by Gasteiger charge is -2.12. The van der Waals surface area contributed by atoms with Gasteiger partial charge in [0.2, 0.25) is 5.95 Å². The van der Waals surface area contributed by atoms with Crippen molar-refractivity contribution in [1.82, 2.24) is 9.55 Å². The fourth-order valence-electron chi connectivity index (χ4n) is 0.533. The van der Waals surface area contributed by atoms with Crippen LogP contribution in [-0.2, 0) is 6.50 Å². The van der Waals surface area contributed by atoms with Crippen LogP contribution < -0.4 is 4.90 Å². The van der Waals surface area contributed by atoms with Gasteiger partial charge in [0.15, 0.2) is 0 Å². The minimum Gasteiger partial charge on any atom is -0.348 e. The predicted molar refractivity (Wildman–Crippen MR) is 49.9 cm³/mol. The van der Waals surface area contributed by atoms with E-state index < -0.39 is 44.0 Å². The Balaban J connectivity index is 3.78. The number of nitrogens with zero attached hydrogens (tertiary/aromatic N) is 3. The van der Waals surface area contributed by atoms with Gasteiger partial charge in [0.05, 0.1) is 7.54 Å². The van der Waals surface area contributed by atoms with Crippen molar-refractivity contribution >= 4 is 21.9 Å². The molecule has 0 radical (unpaired) electrons. The van der Waals surface area contributed by atoms with Gasteiger partial charge < -0.3 is 9.47 Å². The van der Waals surface area contributed by atoms with Crippen molar-refractivity contribution in [2.24, 2.45) is 0 Å². The number of hydrogen-bond acceptors (Lipinski definition) is 2. The van der Waals surface area contributed by atoms with E-state index in [1.165, 1.54) is 0 Å². The van der Waals surface area contributed by atoms with Crippen molar-refractivity contribution < 1.29 is 16.4 Å². The second-order valence-electron chi connectivity index (χ2n) is 1.60. The van der Waals surface area contributed by atoms with Gasteiger partial charge >= 0.3 is 0 Å². The van der Waals surface area contributed by atoms with Crippen LogP contribution in [0.5, 0.6) is 0 Å². The third-order valence-electron chi connectivity index (χ3n) is 0.956. The zero-order valence-electron chi connectivity index (χ0n) is 17.2. The molecule has 3 nitrogen and oxygen atoms in total. The van der Waals surface area contributed by atoms with Gasteiger partial charge in [0, 0.05) is 35.5 Å². The van der Waals surface area contributed by atoms with Crippen molar-refractivity contribution in [1.29, 1.82) is 0 Å². The first-order chi connectivity index (χ1) is 9.92. The summed E-state index contributed by atoms with van der Waals surface area (Å²) in [6.07, 6.45) is -0.702. The lowest BCUT2D eigenvalue weighted by molar-refractivity contribution is 0.733. The lowest BCUT2D eigenvalue weighted by Crippen LogP contribution is -2.15. The topological polar surface area (TPSA) is 21.1 Å². The van der Waals surface area contributed by atoms with E-state index in [-0.39, 0.29) is 9.47 Å². The summed E-state index contributed by atoms with van der Waals surface area (Å²) in [5.41, 5.74) is 0. The molecule has 1 rings (SSSR count). The molecule has 0 unspecified atom stereocenters. The molecule has 1 aromatic rings. The SMILES string of the molecule is [2H]c1nc(N(C([2H])([2H])[2H])C([2H])([2H])[2H])n(C([2H])([2H])C([2H])([2H])[2H])c1Br. The summed E-state index contributed by atoms with van der Waals surface area (Å²) in [6.45, 7) is -13.0. The average molecular weight is 230 g/mol. The maximum atomic E-state index is 7.74. The summed E-state index contributed by atoms with van der Waals surface area (Å²) in [7, 11) is 0.